The molecule has 172 valence electrons. The number of ether oxygens (including phenoxy) is 1. The molecule has 0 N–H and O–H groups in total. The first-order chi connectivity index (χ1) is 14.7. The number of amides is 1. The number of carbonyl (C=O) groups is 2. The summed E-state index contributed by atoms with van der Waals surface area (Å²) < 4.78 is 43.3. The number of Topliss-reactive ketones (excluding diaryl/α,β-unsaturated/α-hetero) is 1. The van der Waals surface area contributed by atoms with Crippen LogP contribution in [0.2, 0.25) is 0 Å². The Bertz CT molecular complexity index is 747. The average molecular weight is 441 g/mol. The summed E-state index contributed by atoms with van der Waals surface area (Å²) in [5.74, 6) is -1.21. The molecule has 0 bridgehead atoms. The fraction of sp³-hybridized carbons (Fsp3) is 0.636. The van der Waals surface area contributed by atoms with E-state index >= 15 is 0 Å². The zero-order valence-corrected chi connectivity index (χ0v) is 17.9. The molecule has 0 spiro atoms. The van der Waals surface area contributed by atoms with Gasteiger partial charge >= 0.3 is 12.1 Å². The number of benzene rings is 1. The Morgan fingerprint density at radius 1 is 1.06 bits per heavy atom. The lowest BCUT2D eigenvalue weighted by molar-refractivity contribution is -0.186. The van der Waals surface area contributed by atoms with Crippen LogP contribution >= 0.6 is 0 Å². The second-order valence-electron chi connectivity index (χ2n) is 8.24. The SMILES string of the molecule is C[C@@H]1CCCN1CCCOc1ccc(C(=O)CN2CCN(C(=O)C(F)(F)F)CC2)cc1. The van der Waals surface area contributed by atoms with Gasteiger partial charge in [-0.2, -0.15) is 13.2 Å². The third-order valence-electron chi connectivity index (χ3n) is 5.99. The molecule has 6 nitrogen and oxygen atoms in total. The van der Waals surface area contributed by atoms with Crippen LogP contribution in [-0.2, 0) is 4.79 Å². The quantitative estimate of drug-likeness (QED) is 0.459. The Kier molecular flexibility index (Phi) is 7.94. The van der Waals surface area contributed by atoms with E-state index in [1.54, 1.807) is 29.2 Å². The number of piperazine rings is 1. The van der Waals surface area contributed by atoms with Gasteiger partial charge in [0, 0.05) is 44.3 Å². The van der Waals surface area contributed by atoms with E-state index in [0.717, 1.165) is 24.4 Å². The van der Waals surface area contributed by atoms with Gasteiger partial charge in [0.15, 0.2) is 5.78 Å². The average Bonchev–Trinajstić information content (AvgIpc) is 3.15. The third kappa shape index (κ3) is 6.67. The van der Waals surface area contributed by atoms with E-state index < -0.39 is 12.1 Å². The van der Waals surface area contributed by atoms with E-state index in [0.29, 0.717) is 24.0 Å². The highest BCUT2D eigenvalue weighted by Crippen LogP contribution is 2.20. The van der Waals surface area contributed by atoms with Crippen LogP contribution in [0.15, 0.2) is 24.3 Å². The number of rotatable bonds is 8. The van der Waals surface area contributed by atoms with Gasteiger partial charge < -0.3 is 14.5 Å². The van der Waals surface area contributed by atoms with E-state index in [1.165, 1.54) is 12.8 Å². The van der Waals surface area contributed by atoms with Crippen molar-refractivity contribution < 1.29 is 27.5 Å². The minimum Gasteiger partial charge on any atom is -0.494 e. The third-order valence-corrected chi connectivity index (χ3v) is 5.99. The first kappa shape index (κ1) is 23.5. The van der Waals surface area contributed by atoms with Crippen LogP contribution in [-0.4, -0.2) is 91.0 Å². The van der Waals surface area contributed by atoms with Crippen molar-refractivity contribution >= 4 is 11.7 Å². The van der Waals surface area contributed by atoms with Crippen molar-refractivity contribution in [2.24, 2.45) is 0 Å². The summed E-state index contributed by atoms with van der Waals surface area (Å²) in [5, 5.41) is 0. The van der Waals surface area contributed by atoms with Gasteiger partial charge in [-0.3, -0.25) is 14.5 Å². The second kappa shape index (κ2) is 10.5. The zero-order chi connectivity index (χ0) is 22.4. The van der Waals surface area contributed by atoms with Crippen molar-refractivity contribution in [3.8, 4) is 5.75 Å². The highest BCUT2D eigenvalue weighted by atomic mass is 19.4. The smallest absolute Gasteiger partial charge is 0.471 e. The molecule has 1 atom stereocenters. The monoisotopic (exact) mass is 441 g/mol. The zero-order valence-electron chi connectivity index (χ0n) is 17.9. The Morgan fingerprint density at radius 3 is 2.32 bits per heavy atom. The molecule has 2 saturated heterocycles. The highest BCUT2D eigenvalue weighted by Gasteiger charge is 2.43. The lowest BCUT2D eigenvalue weighted by Gasteiger charge is -2.34. The lowest BCUT2D eigenvalue weighted by atomic mass is 10.1. The molecule has 1 aromatic carbocycles. The van der Waals surface area contributed by atoms with Gasteiger partial charge in [-0.1, -0.05) is 0 Å². The lowest BCUT2D eigenvalue weighted by Crippen LogP contribution is -2.53. The number of halogens is 3. The number of alkyl halides is 3. The molecule has 0 radical (unpaired) electrons. The maximum atomic E-state index is 12.5. The van der Waals surface area contributed by atoms with Crippen LogP contribution < -0.4 is 4.74 Å². The summed E-state index contributed by atoms with van der Waals surface area (Å²) in [6, 6.07) is 7.61. The number of nitrogens with zero attached hydrogens (tertiary/aromatic N) is 3. The van der Waals surface area contributed by atoms with E-state index in [4.69, 9.17) is 4.74 Å². The Balaban J connectivity index is 1.38. The first-order valence-electron chi connectivity index (χ1n) is 10.8. The molecular formula is C22H30F3N3O3. The van der Waals surface area contributed by atoms with Crippen molar-refractivity contribution in [1.29, 1.82) is 0 Å². The summed E-state index contributed by atoms with van der Waals surface area (Å²) in [5.41, 5.74) is 0.534. The number of hydrogen-bond donors (Lipinski definition) is 0. The predicted molar refractivity (Wildman–Crippen MR) is 110 cm³/mol. The minimum absolute atomic E-state index is 0.0331. The van der Waals surface area contributed by atoms with E-state index in [2.05, 4.69) is 11.8 Å². The maximum absolute atomic E-state index is 12.5. The second-order valence-corrected chi connectivity index (χ2v) is 8.24. The molecule has 0 aliphatic carbocycles. The molecule has 1 aromatic rings. The van der Waals surface area contributed by atoms with Crippen molar-refractivity contribution in [2.75, 3.05) is 52.4 Å². The van der Waals surface area contributed by atoms with Gasteiger partial charge in [0.1, 0.15) is 5.75 Å². The fourth-order valence-corrected chi connectivity index (χ4v) is 4.10. The van der Waals surface area contributed by atoms with E-state index in [1.807, 2.05) is 0 Å². The van der Waals surface area contributed by atoms with Crippen LogP contribution in [0.25, 0.3) is 0 Å². The molecule has 2 heterocycles. The summed E-state index contributed by atoms with van der Waals surface area (Å²) in [7, 11) is 0. The Morgan fingerprint density at radius 2 is 1.74 bits per heavy atom. The molecule has 9 heteroatoms. The molecular weight excluding hydrogens is 411 g/mol. The fourth-order valence-electron chi connectivity index (χ4n) is 4.10. The molecule has 0 aromatic heterocycles. The standard InChI is InChI=1S/C22H30F3N3O3/c1-17-4-2-9-27(17)10-3-15-31-19-7-5-18(6-8-19)20(29)16-26-11-13-28(14-12-26)21(30)22(23,24)25/h5-8,17H,2-4,9-16H2,1H3/t17-/m1/s1. The summed E-state index contributed by atoms with van der Waals surface area (Å²) >= 11 is 0. The van der Waals surface area contributed by atoms with E-state index in [-0.39, 0.29) is 38.5 Å². The Labute approximate surface area is 180 Å². The van der Waals surface area contributed by atoms with Gasteiger partial charge in [0.25, 0.3) is 0 Å². The van der Waals surface area contributed by atoms with Gasteiger partial charge in [-0.25, -0.2) is 0 Å². The van der Waals surface area contributed by atoms with Crippen LogP contribution in [0, 0.1) is 0 Å². The predicted octanol–water partition coefficient (Wildman–Crippen LogP) is 2.83. The van der Waals surface area contributed by atoms with Gasteiger partial charge in [0.05, 0.1) is 13.2 Å². The molecule has 3 rings (SSSR count). The van der Waals surface area contributed by atoms with Gasteiger partial charge in [-0.15, -0.1) is 0 Å². The number of carbonyl (C=O) groups excluding carboxylic acids is 2. The summed E-state index contributed by atoms with van der Waals surface area (Å²) in [4.78, 5) is 28.8. The molecule has 2 aliphatic heterocycles. The van der Waals surface area contributed by atoms with Gasteiger partial charge in [-0.05, 0) is 57.0 Å². The number of ketones is 1. The van der Waals surface area contributed by atoms with E-state index in [9.17, 15) is 22.8 Å². The molecule has 0 unspecified atom stereocenters. The van der Waals surface area contributed by atoms with Crippen molar-refractivity contribution in [3.05, 3.63) is 29.8 Å². The largest absolute Gasteiger partial charge is 0.494 e. The van der Waals surface area contributed by atoms with Crippen molar-refractivity contribution in [3.63, 3.8) is 0 Å². The molecule has 1 amide bonds. The van der Waals surface area contributed by atoms with Crippen LogP contribution in [0.3, 0.4) is 0 Å². The minimum atomic E-state index is -4.85. The van der Waals surface area contributed by atoms with Crippen LogP contribution in [0.4, 0.5) is 13.2 Å². The molecule has 31 heavy (non-hydrogen) atoms. The molecule has 0 saturated carbocycles. The highest BCUT2D eigenvalue weighted by molar-refractivity contribution is 5.97. The van der Waals surface area contributed by atoms with Crippen LogP contribution in [0.5, 0.6) is 5.75 Å². The van der Waals surface area contributed by atoms with Crippen molar-refractivity contribution in [1.82, 2.24) is 14.7 Å². The Hall–Kier alpha value is -2.13. The topological polar surface area (TPSA) is 53.1 Å². The van der Waals surface area contributed by atoms with Crippen LogP contribution in [0.1, 0.15) is 36.5 Å². The van der Waals surface area contributed by atoms with Gasteiger partial charge in [0.2, 0.25) is 0 Å². The molecule has 2 fully saturated rings. The summed E-state index contributed by atoms with van der Waals surface area (Å²) in [6.45, 7) is 5.59. The normalized spacial score (nSPS) is 20.8. The molecule has 2 aliphatic rings. The first-order valence-corrected chi connectivity index (χ1v) is 10.8. The maximum Gasteiger partial charge on any atom is 0.471 e. The van der Waals surface area contributed by atoms with Crippen molar-refractivity contribution in [2.45, 2.75) is 38.4 Å². The number of likely N-dealkylation sites (tertiary alicyclic amines) is 1. The number of hydrogen-bond acceptors (Lipinski definition) is 5. The summed E-state index contributed by atoms with van der Waals surface area (Å²) in [6.07, 6.45) is -1.38.